The SMILES string of the molecule is CC1=NN(c2ccccc2)C(=O)C1/C=N/n1cnnc1.Cl. The first-order valence-electron chi connectivity index (χ1n) is 6.09. The van der Waals surface area contributed by atoms with Gasteiger partial charge in [-0.05, 0) is 19.1 Å². The Labute approximate surface area is 127 Å². The van der Waals surface area contributed by atoms with Crippen molar-refractivity contribution in [3.63, 3.8) is 0 Å². The number of hydrazone groups is 1. The minimum Gasteiger partial charge on any atom is -0.271 e. The molecule has 3 rings (SSSR count). The van der Waals surface area contributed by atoms with Gasteiger partial charge in [0, 0.05) is 6.21 Å². The van der Waals surface area contributed by atoms with Gasteiger partial charge in [0.25, 0.3) is 5.91 Å². The zero-order valence-corrected chi connectivity index (χ0v) is 12.0. The number of carbonyl (C=O) groups is 1. The van der Waals surface area contributed by atoms with E-state index in [0.717, 1.165) is 5.69 Å². The van der Waals surface area contributed by atoms with Crippen LogP contribution < -0.4 is 5.01 Å². The Kier molecular flexibility index (Phi) is 4.44. The Morgan fingerprint density at radius 2 is 1.86 bits per heavy atom. The van der Waals surface area contributed by atoms with Crippen molar-refractivity contribution in [1.29, 1.82) is 0 Å². The number of benzene rings is 1. The van der Waals surface area contributed by atoms with Crippen molar-refractivity contribution in [3.05, 3.63) is 43.0 Å². The van der Waals surface area contributed by atoms with Crippen LogP contribution in [0.5, 0.6) is 0 Å². The number of para-hydroxylation sites is 1. The highest BCUT2D eigenvalue weighted by atomic mass is 35.5. The van der Waals surface area contributed by atoms with Crippen LogP contribution in [0.15, 0.2) is 53.2 Å². The Hall–Kier alpha value is -2.54. The van der Waals surface area contributed by atoms with Gasteiger partial charge in [-0.15, -0.1) is 22.6 Å². The minimum absolute atomic E-state index is 0. The summed E-state index contributed by atoms with van der Waals surface area (Å²) in [6.07, 6.45) is 4.46. The van der Waals surface area contributed by atoms with Crippen LogP contribution >= 0.6 is 12.4 Å². The van der Waals surface area contributed by atoms with Gasteiger partial charge in [-0.1, -0.05) is 18.2 Å². The molecule has 0 saturated carbocycles. The first-order valence-corrected chi connectivity index (χ1v) is 6.09. The van der Waals surface area contributed by atoms with Crippen molar-refractivity contribution in [2.45, 2.75) is 6.92 Å². The van der Waals surface area contributed by atoms with E-state index in [4.69, 9.17) is 0 Å². The number of rotatable bonds is 3. The van der Waals surface area contributed by atoms with Crippen molar-refractivity contribution in [2.24, 2.45) is 16.1 Å². The molecule has 1 unspecified atom stereocenters. The second kappa shape index (κ2) is 6.27. The summed E-state index contributed by atoms with van der Waals surface area (Å²) in [7, 11) is 0. The third kappa shape index (κ3) is 2.97. The first-order chi connectivity index (χ1) is 9.75. The Balaban J connectivity index is 0.00000161. The number of carbonyl (C=O) groups excluding carboxylic acids is 1. The average molecular weight is 305 g/mol. The second-order valence-corrected chi connectivity index (χ2v) is 4.31. The van der Waals surface area contributed by atoms with Crippen LogP contribution in [0.25, 0.3) is 0 Å². The summed E-state index contributed by atoms with van der Waals surface area (Å²) in [5.41, 5.74) is 1.45. The molecule has 1 atom stereocenters. The van der Waals surface area contributed by atoms with Crippen LogP contribution in [0.1, 0.15) is 6.92 Å². The number of aromatic nitrogens is 3. The summed E-state index contributed by atoms with van der Waals surface area (Å²) in [4.78, 5) is 12.4. The third-order valence-corrected chi connectivity index (χ3v) is 2.94. The normalized spacial score (nSPS) is 18.0. The summed E-state index contributed by atoms with van der Waals surface area (Å²) < 4.78 is 1.44. The summed E-state index contributed by atoms with van der Waals surface area (Å²) >= 11 is 0. The Bertz CT molecular complexity index is 667. The second-order valence-electron chi connectivity index (χ2n) is 4.31. The van der Waals surface area contributed by atoms with Crippen molar-refractivity contribution in [1.82, 2.24) is 14.9 Å². The molecule has 0 bridgehead atoms. The van der Waals surface area contributed by atoms with Crippen LogP contribution in [0.4, 0.5) is 5.69 Å². The predicted octanol–water partition coefficient (Wildman–Crippen LogP) is 1.57. The lowest BCUT2D eigenvalue weighted by atomic mass is 10.1. The molecule has 0 fully saturated rings. The molecule has 1 aliphatic heterocycles. The molecule has 1 aromatic carbocycles. The zero-order valence-electron chi connectivity index (χ0n) is 11.2. The number of nitrogens with zero attached hydrogens (tertiary/aromatic N) is 6. The van der Waals surface area contributed by atoms with E-state index in [9.17, 15) is 4.79 Å². The molecule has 1 amide bonds. The van der Waals surface area contributed by atoms with E-state index in [1.54, 1.807) is 6.21 Å². The lowest BCUT2D eigenvalue weighted by Gasteiger charge is -2.12. The molecular formula is C13H13ClN6O. The van der Waals surface area contributed by atoms with Crippen LogP contribution in [0.3, 0.4) is 0 Å². The van der Waals surface area contributed by atoms with Gasteiger partial charge in [-0.2, -0.15) is 15.2 Å². The van der Waals surface area contributed by atoms with Crippen LogP contribution in [-0.4, -0.2) is 32.7 Å². The van der Waals surface area contributed by atoms with Gasteiger partial charge < -0.3 is 0 Å². The number of hydrogen-bond acceptors (Lipinski definition) is 5. The molecule has 21 heavy (non-hydrogen) atoms. The minimum atomic E-state index is -0.461. The maximum absolute atomic E-state index is 12.4. The molecule has 0 radical (unpaired) electrons. The highest BCUT2D eigenvalue weighted by molar-refractivity contribution is 6.23. The van der Waals surface area contributed by atoms with E-state index in [-0.39, 0.29) is 18.3 Å². The van der Waals surface area contributed by atoms with Crippen LogP contribution in [-0.2, 0) is 4.79 Å². The summed E-state index contributed by atoms with van der Waals surface area (Å²) in [5, 5.41) is 17.1. The Morgan fingerprint density at radius 1 is 1.19 bits per heavy atom. The molecule has 0 saturated heterocycles. The molecule has 2 aromatic rings. The van der Waals surface area contributed by atoms with E-state index in [2.05, 4.69) is 20.4 Å². The van der Waals surface area contributed by atoms with Gasteiger partial charge >= 0.3 is 0 Å². The van der Waals surface area contributed by atoms with Gasteiger partial charge in [-0.3, -0.25) is 4.79 Å². The van der Waals surface area contributed by atoms with Gasteiger partial charge in [0.2, 0.25) is 0 Å². The quantitative estimate of drug-likeness (QED) is 0.808. The Morgan fingerprint density at radius 3 is 2.52 bits per heavy atom. The van der Waals surface area contributed by atoms with Crippen LogP contribution in [0.2, 0.25) is 0 Å². The number of anilines is 1. The zero-order chi connectivity index (χ0) is 13.9. The first kappa shape index (κ1) is 14.9. The molecule has 1 aliphatic rings. The van der Waals surface area contributed by atoms with Gasteiger partial charge in [-0.25, -0.2) is 4.68 Å². The van der Waals surface area contributed by atoms with Gasteiger partial charge in [0.15, 0.2) is 0 Å². The maximum Gasteiger partial charge on any atom is 0.261 e. The van der Waals surface area contributed by atoms with Crippen molar-refractivity contribution < 1.29 is 4.79 Å². The summed E-state index contributed by atoms with van der Waals surface area (Å²) in [6, 6.07) is 9.31. The fourth-order valence-corrected chi connectivity index (χ4v) is 1.90. The molecule has 0 aliphatic carbocycles. The largest absolute Gasteiger partial charge is 0.271 e. The highest BCUT2D eigenvalue weighted by Crippen LogP contribution is 2.22. The van der Waals surface area contributed by atoms with E-state index in [1.165, 1.54) is 22.3 Å². The lowest BCUT2D eigenvalue weighted by molar-refractivity contribution is -0.118. The standard InChI is InChI=1S/C13H12N6O.ClH/c1-10-12(7-16-18-8-14-15-9-18)13(20)19(17-10)11-5-3-2-4-6-11;/h2-9,12H,1H3;1H/b16-7+;. The summed E-state index contributed by atoms with van der Waals surface area (Å²) in [5.74, 6) is -0.580. The number of amides is 1. The van der Waals surface area contributed by atoms with Crippen molar-refractivity contribution in [2.75, 3.05) is 5.01 Å². The lowest BCUT2D eigenvalue weighted by Crippen LogP contribution is -2.28. The van der Waals surface area contributed by atoms with E-state index in [1.807, 2.05) is 37.3 Å². The van der Waals surface area contributed by atoms with Crippen LogP contribution in [0, 0.1) is 5.92 Å². The van der Waals surface area contributed by atoms with E-state index in [0.29, 0.717) is 5.71 Å². The molecule has 8 heteroatoms. The molecule has 7 nitrogen and oxygen atoms in total. The molecule has 0 spiro atoms. The summed E-state index contributed by atoms with van der Waals surface area (Å²) in [6.45, 7) is 1.81. The fraction of sp³-hybridized carbons (Fsp3) is 0.154. The molecule has 1 aromatic heterocycles. The molecule has 2 heterocycles. The topological polar surface area (TPSA) is 75.7 Å². The smallest absolute Gasteiger partial charge is 0.261 e. The van der Waals surface area contributed by atoms with Gasteiger partial charge in [0.05, 0.1) is 11.4 Å². The molecule has 0 N–H and O–H groups in total. The maximum atomic E-state index is 12.4. The van der Waals surface area contributed by atoms with Crippen molar-refractivity contribution >= 4 is 35.9 Å². The van der Waals surface area contributed by atoms with Gasteiger partial charge in [0.1, 0.15) is 18.6 Å². The number of halogens is 1. The third-order valence-electron chi connectivity index (χ3n) is 2.94. The van der Waals surface area contributed by atoms with Crippen molar-refractivity contribution in [3.8, 4) is 0 Å². The monoisotopic (exact) mass is 304 g/mol. The molecule has 108 valence electrons. The average Bonchev–Trinajstić information content (AvgIpc) is 3.07. The predicted molar refractivity (Wildman–Crippen MR) is 81.7 cm³/mol. The van der Waals surface area contributed by atoms with E-state index < -0.39 is 5.92 Å². The molecular weight excluding hydrogens is 292 g/mol. The fourth-order valence-electron chi connectivity index (χ4n) is 1.90. The highest BCUT2D eigenvalue weighted by Gasteiger charge is 2.33. The number of hydrogen-bond donors (Lipinski definition) is 0. The van der Waals surface area contributed by atoms with E-state index >= 15 is 0 Å².